The summed E-state index contributed by atoms with van der Waals surface area (Å²) in [6.07, 6.45) is 0.150. The van der Waals surface area contributed by atoms with Crippen molar-refractivity contribution in [1.82, 2.24) is 10.6 Å². The summed E-state index contributed by atoms with van der Waals surface area (Å²) in [6.45, 7) is 4.58. The number of hydrogen-bond donors (Lipinski definition) is 3. The van der Waals surface area contributed by atoms with Crippen molar-refractivity contribution in [2.24, 2.45) is 0 Å². The molecule has 0 saturated heterocycles. The van der Waals surface area contributed by atoms with Crippen LogP contribution >= 0.6 is 0 Å². The van der Waals surface area contributed by atoms with Crippen LogP contribution in [0.3, 0.4) is 0 Å². The molecule has 4 heteroatoms. The molecule has 0 aliphatic rings. The molecule has 0 spiro atoms. The zero-order chi connectivity index (χ0) is 9.61. The fraction of sp³-hybridized carbons (Fsp3) is 0.875. The Morgan fingerprint density at radius 1 is 1.42 bits per heavy atom. The Kier molecular flexibility index (Phi) is 4.85. The maximum Gasteiger partial charge on any atom is 0.222 e. The van der Waals surface area contributed by atoms with Crippen LogP contribution in [0.2, 0.25) is 0 Å². The standard InChI is InChI=1S/C8H18N2O2/c1-8(2,12)6-7(11)10-5-4-9-3/h9,12H,4-6H2,1-3H3,(H,10,11). The first-order valence-electron chi connectivity index (χ1n) is 4.09. The summed E-state index contributed by atoms with van der Waals surface area (Å²) >= 11 is 0. The topological polar surface area (TPSA) is 61.4 Å². The number of carbonyl (C=O) groups is 1. The largest absolute Gasteiger partial charge is 0.390 e. The van der Waals surface area contributed by atoms with Gasteiger partial charge < -0.3 is 15.7 Å². The third kappa shape index (κ3) is 7.50. The minimum atomic E-state index is -0.913. The molecule has 0 heterocycles. The third-order valence-electron chi connectivity index (χ3n) is 1.29. The van der Waals surface area contributed by atoms with E-state index in [9.17, 15) is 9.90 Å². The van der Waals surface area contributed by atoms with Gasteiger partial charge in [-0.3, -0.25) is 4.79 Å². The molecule has 0 aromatic rings. The minimum Gasteiger partial charge on any atom is -0.390 e. The second kappa shape index (κ2) is 5.11. The number of hydrogen-bond acceptors (Lipinski definition) is 3. The van der Waals surface area contributed by atoms with Crippen molar-refractivity contribution in [3.8, 4) is 0 Å². The summed E-state index contributed by atoms with van der Waals surface area (Å²) in [5.74, 6) is -0.113. The van der Waals surface area contributed by atoms with Crippen LogP contribution in [0.5, 0.6) is 0 Å². The van der Waals surface area contributed by atoms with Crippen molar-refractivity contribution >= 4 is 5.91 Å². The Labute approximate surface area is 73.3 Å². The van der Waals surface area contributed by atoms with Gasteiger partial charge in [0.15, 0.2) is 0 Å². The Morgan fingerprint density at radius 2 is 2.00 bits per heavy atom. The summed E-state index contributed by atoms with van der Waals surface area (Å²) in [6, 6.07) is 0. The normalized spacial score (nSPS) is 11.3. The number of carbonyl (C=O) groups excluding carboxylic acids is 1. The van der Waals surface area contributed by atoms with Crippen LogP contribution in [-0.4, -0.2) is 36.8 Å². The molecule has 72 valence electrons. The van der Waals surface area contributed by atoms with Gasteiger partial charge in [0.1, 0.15) is 0 Å². The van der Waals surface area contributed by atoms with Crippen molar-refractivity contribution in [2.45, 2.75) is 25.9 Å². The molecular weight excluding hydrogens is 156 g/mol. The number of likely N-dealkylation sites (N-methyl/N-ethyl adjacent to an activating group) is 1. The van der Waals surface area contributed by atoms with Crippen molar-refractivity contribution < 1.29 is 9.90 Å². The first-order chi connectivity index (χ1) is 5.45. The zero-order valence-corrected chi connectivity index (χ0v) is 7.98. The van der Waals surface area contributed by atoms with E-state index in [1.54, 1.807) is 13.8 Å². The van der Waals surface area contributed by atoms with Crippen molar-refractivity contribution in [2.75, 3.05) is 20.1 Å². The summed E-state index contributed by atoms with van der Waals surface area (Å²) in [4.78, 5) is 11.0. The van der Waals surface area contributed by atoms with Gasteiger partial charge in [0.05, 0.1) is 12.0 Å². The van der Waals surface area contributed by atoms with E-state index < -0.39 is 5.60 Å². The highest BCUT2D eigenvalue weighted by Crippen LogP contribution is 2.05. The molecular formula is C8H18N2O2. The van der Waals surface area contributed by atoms with Crippen molar-refractivity contribution in [3.63, 3.8) is 0 Å². The van der Waals surface area contributed by atoms with E-state index in [1.807, 2.05) is 7.05 Å². The molecule has 0 aromatic carbocycles. The van der Waals surface area contributed by atoms with Gasteiger partial charge in [-0.25, -0.2) is 0 Å². The van der Waals surface area contributed by atoms with E-state index in [0.717, 1.165) is 6.54 Å². The van der Waals surface area contributed by atoms with Crippen LogP contribution < -0.4 is 10.6 Å². The van der Waals surface area contributed by atoms with Gasteiger partial charge in [0.2, 0.25) is 5.91 Å². The van der Waals surface area contributed by atoms with Gasteiger partial charge in [-0.15, -0.1) is 0 Å². The summed E-state index contributed by atoms with van der Waals surface area (Å²) in [7, 11) is 1.82. The first-order valence-corrected chi connectivity index (χ1v) is 4.09. The molecule has 3 N–H and O–H groups in total. The maximum absolute atomic E-state index is 11.0. The van der Waals surface area contributed by atoms with Crippen LogP contribution in [0.15, 0.2) is 0 Å². The molecule has 0 rings (SSSR count). The van der Waals surface area contributed by atoms with Crippen LogP contribution in [0.4, 0.5) is 0 Å². The van der Waals surface area contributed by atoms with E-state index in [2.05, 4.69) is 10.6 Å². The number of nitrogens with one attached hydrogen (secondary N) is 2. The monoisotopic (exact) mass is 174 g/mol. The zero-order valence-electron chi connectivity index (χ0n) is 7.98. The molecule has 0 aliphatic heterocycles. The summed E-state index contributed by atoms with van der Waals surface area (Å²) < 4.78 is 0. The van der Waals surface area contributed by atoms with E-state index in [4.69, 9.17) is 0 Å². The first kappa shape index (κ1) is 11.4. The van der Waals surface area contributed by atoms with Crippen molar-refractivity contribution in [3.05, 3.63) is 0 Å². The highest BCUT2D eigenvalue weighted by Gasteiger charge is 2.16. The molecule has 0 fully saturated rings. The predicted molar refractivity (Wildman–Crippen MR) is 47.9 cm³/mol. The van der Waals surface area contributed by atoms with Gasteiger partial charge in [-0.1, -0.05) is 0 Å². The van der Waals surface area contributed by atoms with E-state index >= 15 is 0 Å². The molecule has 0 aliphatic carbocycles. The minimum absolute atomic E-state index is 0.113. The Balaban J connectivity index is 3.47. The highest BCUT2D eigenvalue weighted by molar-refractivity contribution is 5.76. The predicted octanol–water partition coefficient (Wildman–Crippen LogP) is -0.517. The SMILES string of the molecule is CNCCNC(=O)CC(C)(C)O. The molecule has 12 heavy (non-hydrogen) atoms. The second-order valence-corrected chi connectivity index (χ2v) is 3.44. The molecule has 0 atom stereocenters. The van der Waals surface area contributed by atoms with Gasteiger partial charge >= 0.3 is 0 Å². The third-order valence-corrected chi connectivity index (χ3v) is 1.29. The van der Waals surface area contributed by atoms with Gasteiger partial charge in [0, 0.05) is 13.1 Å². The molecule has 0 radical (unpaired) electrons. The van der Waals surface area contributed by atoms with E-state index in [0.29, 0.717) is 6.54 Å². The fourth-order valence-corrected chi connectivity index (χ4v) is 0.782. The molecule has 0 saturated carbocycles. The Bertz CT molecular complexity index is 140. The van der Waals surface area contributed by atoms with Crippen LogP contribution in [0, 0.1) is 0 Å². The average molecular weight is 174 g/mol. The number of rotatable bonds is 5. The average Bonchev–Trinajstić information content (AvgIpc) is 1.84. The molecule has 4 nitrogen and oxygen atoms in total. The second-order valence-electron chi connectivity index (χ2n) is 3.44. The maximum atomic E-state index is 11.0. The Morgan fingerprint density at radius 3 is 2.42 bits per heavy atom. The number of amides is 1. The van der Waals surface area contributed by atoms with Crippen LogP contribution in [0.25, 0.3) is 0 Å². The molecule has 0 aromatic heterocycles. The Hall–Kier alpha value is -0.610. The molecule has 0 bridgehead atoms. The lowest BCUT2D eigenvalue weighted by Crippen LogP contribution is -2.35. The summed E-state index contributed by atoms with van der Waals surface area (Å²) in [5, 5.41) is 14.9. The molecule has 1 amide bonds. The van der Waals surface area contributed by atoms with Gasteiger partial charge in [-0.05, 0) is 20.9 Å². The summed E-state index contributed by atoms with van der Waals surface area (Å²) in [5.41, 5.74) is -0.913. The lowest BCUT2D eigenvalue weighted by atomic mass is 10.1. The van der Waals surface area contributed by atoms with E-state index in [-0.39, 0.29) is 12.3 Å². The lowest BCUT2D eigenvalue weighted by Gasteiger charge is -2.15. The lowest BCUT2D eigenvalue weighted by molar-refractivity contribution is -0.124. The van der Waals surface area contributed by atoms with Gasteiger partial charge in [0.25, 0.3) is 0 Å². The quantitative estimate of drug-likeness (QED) is 0.492. The van der Waals surface area contributed by atoms with Gasteiger partial charge in [-0.2, -0.15) is 0 Å². The number of aliphatic hydroxyl groups is 1. The fourth-order valence-electron chi connectivity index (χ4n) is 0.782. The highest BCUT2D eigenvalue weighted by atomic mass is 16.3. The van der Waals surface area contributed by atoms with Crippen molar-refractivity contribution in [1.29, 1.82) is 0 Å². The van der Waals surface area contributed by atoms with Crippen LogP contribution in [0.1, 0.15) is 20.3 Å². The molecule has 0 unspecified atom stereocenters. The van der Waals surface area contributed by atoms with E-state index in [1.165, 1.54) is 0 Å². The van der Waals surface area contributed by atoms with Crippen LogP contribution in [-0.2, 0) is 4.79 Å². The smallest absolute Gasteiger partial charge is 0.222 e.